The summed E-state index contributed by atoms with van der Waals surface area (Å²) in [6, 6.07) is 1.20. The van der Waals surface area contributed by atoms with Gasteiger partial charge in [0, 0.05) is 36.7 Å². The highest BCUT2D eigenvalue weighted by molar-refractivity contribution is 5.78. The van der Waals surface area contributed by atoms with E-state index in [-0.39, 0.29) is 35.8 Å². The van der Waals surface area contributed by atoms with Crippen molar-refractivity contribution in [2.75, 3.05) is 23.8 Å². The molecular weight excluding hydrogens is 475 g/mol. The number of carbonyl (C=O) groups is 1. The van der Waals surface area contributed by atoms with Crippen LogP contribution in [-0.2, 0) is 9.53 Å². The number of nitrogens with one attached hydrogen (secondary N) is 2. The molecule has 3 heterocycles. The van der Waals surface area contributed by atoms with Crippen molar-refractivity contribution in [3.8, 4) is 0 Å². The van der Waals surface area contributed by atoms with E-state index in [2.05, 4.69) is 27.5 Å². The summed E-state index contributed by atoms with van der Waals surface area (Å²) in [4.78, 5) is 25.3. The van der Waals surface area contributed by atoms with E-state index in [1.807, 2.05) is 0 Å². The number of imidazole rings is 1. The summed E-state index contributed by atoms with van der Waals surface area (Å²) in [5, 5.41) is 6.08. The number of hydrogen-bond acceptors (Lipinski definition) is 7. The van der Waals surface area contributed by atoms with Crippen molar-refractivity contribution in [2.45, 2.75) is 51.1 Å². The zero-order chi connectivity index (χ0) is 25.4. The van der Waals surface area contributed by atoms with E-state index >= 15 is 0 Å². The van der Waals surface area contributed by atoms with Crippen molar-refractivity contribution < 1.29 is 22.7 Å². The summed E-state index contributed by atoms with van der Waals surface area (Å²) in [5.74, 6) is -2.89. The molecule has 1 aliphatic heterocycles. The largest absolute Gasteiger partial charge is 0.381 e. The topological polar surface area (TPSA) is 120 Å². The molecule has 2 fully saturated rings. The van der Waals surface area contributed by atoms with Crippen molar-refractivity contribution in [1.29, 1.82) is 0 Å². The molecule has 0 bridgehead atoms. The zero-order valence-electron chi connectivity index (χ0n) is 19.8. The molecule has 1 unspecified atom stereocenters. The second kappa shape index (κ2) is 9.92. The molecule has 1 saturated carbocycles. The third kappa shape index (κ3) is 4.81. The Balaban J connectivity index is 1.53. The molecule has 9 nitrogen and oxygen atoms in total. The van der Waals surface area contributed by atoms with Crippen LogP contribution in [0.4, 0.5) is 30.8 Å². The maximum atomic E-state index is 14.4. The van der Waals surface area contributed by atoms with Gasteiger partial charge in [0.25, 0.3) is 0 Å². The van der Waals surface area contributed by atoms with Crippen LogP contribution >= 0.6 is 0 Å². The fourth-order valence-electron chi connectivity index (χ4n) is 5.05. The number of aromatic nitrogens is 4. The molecule has 192 valence electrons. The number of nitrogens with zero attached hydrogens (tertiary/aromatic N) is 4. The van der Waals surface area contributed by atoms with Gasteiger partial charge in [-0.15, -0.1) is 0 Å². The van der Waals surface area contributed by atoms with Gasteiger partial charge in [-0.3, -0.25) is 9.36 Å². The second-order valence-electron chi connectivity index (χ2n) is 9.58. The third-order valence-corrected chi connectivity index (χ3v) is 7.10. The van der Waals surface area contributed by atoms with Crippen molar-refractivity contribution in [3.05, 3.63) is 35.8 Å². The van der Waals surface area contributed by atoms with Crippen LogP contribution in [-0.4, -0.2) is 44.7 Å². The standard InChI is InChI=1S/C24H28F3N7O2/c1-12-11-36-7-6-18(12)30-23-29-10-19-22(33-23)34(15-4-2-13(3-5-15)21(28)35)24(31-19)32-20-16(26)8-14(25)9-17(20)27/h8-10,12-13,15,18H,2-7,11H2,1H3,(H2,28,35)(H,31,32)(H,29,30,33)/t12-,13?,15?,18?/m0/s1. The predicted octanol–water partition coefficient (Wildman–Crippen LogP) is 4.04. The normalized spacial score (nSPS) is 24.6. The number of ether oxygens (including phenoxy) is 1. The van der Waals surface area contributed by atoms with Gasteiger partial charge in [0.15, 0.2) is 17.3 Å². The summed E-state index contributed by atoms with van der Waals surface area (Å²) in [6.07, 6.45) is 4.73. The van der Waals surface area contributed by atoms with Crippen LogP contribution in [0.3, 0.4) is 0 Å². The second-order valence-corrected chi connectivity index (χ2v) is 9.58. The SMILES string of the molecule is C[C@H]1COCCC1Nc1ncc2nc(Nc3c(F)cc(F)cc3F)n(C3CCC(C(N)=O)CC3)c2n1. The molecule has 1 aromatic carbocycles. The van der Waals surface area contributed by atoms with Gasteiger partial charge < -0.3 is 21.1 Å². The highest BCUT2D eigenvalue weighted by atomic mass is 19.1. The number of anilines is 3. The Morgan fingerprint density at radius 2 is 1.83 bits per heavy atom. The molecule has 0 spiro atoms. The van der Waals surface area contributed by atoms with Crippen LogP contribution < -0.4 is 16.4 Å². The van der Waals surface area contributed by atoms with Crippen LogP contribution in [0, 0.1) is 29.3 Å². The summed E-state index contributed by atoms with van der Waals surface area (Å²) in [7, 11) is 0. The Bertz CT molecular complexity index is 1250. The van der Waals surface area contributed by atoms with Gasteiger partial charge in [-0.05, 0) is 38.0 Å². The van der Waals surface area contributed by atoms with Gasteiger partial charge in [0.1, 0.15) is 17.0 Å². The number of fused-ring (bicyclic) bond motifs is 1. The molecule has 1 saturated heterocycles. The lowest BCUT2D eigenvalue weighted by Gasteiger charge is -2.30. The van der Waals surface area contributed by atoms with E-state index in [1.54, 1.807) is 10.8 Å². The monoisotopic (exact) mass is 503 g/mol. The molecule has 4 N–H and O–H groups in total. The molecule has 36 heavy (non-hydrogen) atoms. The van der Waals surface area contributed by atoms with E-state index in [0.29, 0.717) is 68.1 Å². The van der Waals surface area contributed by atoms with E-state index in [9.17, 15) is 18.0 Å². The minimum absolute atomic E-state index is 0.138. The van der Waals surface area contributed by atoms with Gasteiger partial charge >= 0.3 is 0 Å². The number of benzene rings is 1. The first-order valence-corrected chi connectivity index (χ1v) is 12.1. The third-order valence-electron chi connectivity index (χ3n) is 7.10. The lowest BCUT2D eigenvalue weighted by atomic mass is 9.85. The van der Waals surface area contributed by atoms with Crippen molar-refractivity contribution in [2.24, 2.45) is 17.6 Å². The Morgan fingerprint density at radius 1 is 1.11 bits per heavy atom. The molecule has 1 amide bonds. The lowest BCUT2D eigenvalue weighted by molar-refractivity contribution is -0.122. The van der Waals surface area contributed by atoms with Crippen molar-refractivity contribution in [3.63, 3.8) is 0 Å². The van der Waals surface area contributed by atoms with Crippen LogP contribution in [0.5, 0.6) is 0 Å². The fraction of sp³-hybridized carbons (Fsp3) is 0.500. The summed E-state index contributed by atoms with van der Waals surface area (Å²) in [6.45, 7) is 3.38. The average Bonchev–Trinajstić information content (AvgIpc) is 3.20. The molecule has 0 radical (unpaired) electrons. The number of hydrogen-bond donors (Lipinski definition) is 3. The number of halogens is 3. The van der Waals surface area contributed by atoms with E-state index < -0.39 is 23.1 Å². The highest BCUT2D eigenvalue weighted by Crippen LogP contribution is 2.37. The fourth-order valence-corrected chi connectivity index (χ4v) is 5.05. The Kier molecular flexibility index (Phi) is 6.69. The molecule has 5 rings (SSSR count). The van der Waals surface area contributed by atoms with Gasteiger partial charge in [-0.25, -0.2) is 23.1 Å². The quantitative estimate of drug-likeness (QED) is 0.464. The predicted molar refractivity (Wildman–Crippen MR) is 127 cm³/mol. The molecule has 2 aromatic heterocycles. The van der Waals surface area contributed by atoms with E-state index in [0.717, 1.165) is 6.42 Å². The minimum atomic E-state index is -1.08. The molecule has 3 aromatic rings. The summed E-state index contributed by atoms with van der Waals surface area (Å²) < 4.78 is 49.6. The molecule has 12 heteroatoms. The number of carbonyl (C=O) groups excluding carboxylic acids is 1. The number of rotatable bonds is 6. The highest BCUT2D eigenvalue weighted by Gasteiger charge is 2.30. The lowest BCUT2D eigenvalue weighted by Crippen LogP contribution is -2.36. The maximum Gasteiger partial charge on any atom is 0.224 e. The molecule has 2 atom stereocenters. The van der Waals surface area contributed by atoms with Crippen molar-refractivity contribution in [1.82, 2.24) is 19.5 Å². The Morgan fingerprint density at radius 3 is 2.50 bits per heavy atom. The van der Waals surface area contributed by atoms with Gasteiger partial charge in [0.05, 0.1) is 12.8 Å². The first-order valence-electron chi connectivity index (χ1n) is 12.1. The number of nitrogens with two attached hydrogens (primary N) is 1. The Labute approximate surface area is 205 Å². The maximum absolute atomic E-state index is 14.4. The molecular formula is C24H28F3N7O2. The average molecular weight is 504 g/mol. The van der Waals surface area contributed by atoms with E-state index in [1.165, 1.54) is 0 Å². The smallest absolute Gasteiger partial charge is 0.224 e. The van der Waals surface area contributed by atoms with Crippen LogP contribution in [0.25, 0.3) is 11.2 Å². The minimum Gasteiger partial charge on any atom is -0.381 e. The summed E-state index contributed by atoms with van der Waals surface area (Å²) in [5.41, 5.74) is 5.90. The van der Waals surface area contributed by atoms with Gasteiger partial charge in [-0.1, -0.05) is 6.92 Å². The zero-order valence-corrected chi connectivity index (χ0v) is 19.8. The van der Waals surface area contributed by atoms with Crippen LogP contribution in [0.1, 0.15) is 45.1 Å². The first kappa shape index (κ1) is 24.3. The number of amides is 1. The Hall–Kier alpha value is -3.41. The van der Waals surface area contributed by atoms with Gasteiger partial charge in [0.2, 0.25) is 17.8 Å². The summed E-state index contributed by atoms with van der Waals surface area (Å²) >= 11 is 0. The van der Waals surface area contributed by atoms with E-state index in [4.69, 9.17) is 15.5 Å². The van der Waals surface area contributed by atoms with Crippen molar-refractivity contribution >= 4 is 34.7 Å². The van der Waals surface area contributed by atoms with Crippen LogP contribution in [0.15, 0.2) is 18.3 Å². The molecule has 1 aliphatic carbocycles. The van der Waals surface area contributed by atoms with Gasteiger partial charge in [-0.2, -0.15) is 4.98 Å². The molecule has 2 aliphatic rings. The van der Waals surface area contributed by atoms with Crippen LogP contribution in [0.2, 0.25) is 0 Å². The first-order chi connectivity index (χ1) is 17.3. The number of primary amides is 1.